The molecule has 29 heavy (non-hydrogen) atoms. The first-order valence-electron chi connectivity index (χ1n) is 9.26. The molecule has 0 bridgehead atoms. The number of aliphatic carboxylic acids is 1. The van der Waals surface area contributed by atoms with Crippen molar-refractivity contribution in [2.24, 2.45) is 0 Å². The molecule has 0 radical (unpaired) electrons. The summed E-state index contributed by atoms with van der Waals surface area (Å²) in [6.45, 7) is 2.39. The van der Waals surface area contributed by atoms with E-state index in [1.54, 1.807) is 0 Å². The highest BCUT2D eigenvalue weighted by Crippen LogP contribution is 2.24. The van der Waals surface area contributed by atoms with Crippen LogP contribution in [0.25, 0.3) is 0 Å². The van der Waals surface area contributed by atoms with Crippen molar-refractivity contribution >= 4 is 16.1 Å². The summed E-state index contributed by atoms with van der Waals surface area (Å²) < 4.78 is 32.5. The van der Waals surface area contributed by atoms with Crippen molar-refractivity contribution in [1.29, 1.82) is 0 Å². The maximum Gasteiger partial charge on any atom is 0.304 e. The van der Waals surface area contributed by atoms with Gasteiger partial charge in [0.1, 0.15) is 12.4 Å². The Kier molecular flexibility index (Phi) is 8.42. The van der Waals surface area contributed by atoms with Crippen LogP contribution in [0.1, 0.15) is 36.0 Å². The summed E-state index contributed by atoms with van der Waals surface area (Å²) in [4.78, 5) is 11.0. The van der Waals surface area contributed by atoms with E-state index in [0.29, 0.717) is 18.8 Å². The van der Waals surface area contributed by atoms with Crippen molar-refractivity contribution in [2.75, 3.05) is 12.9 Å². The Morgan fingerprint density at radius 3 is 2.24 bits per heavy atom. The number of carboxylic acid groups (broad SMARTS) is 1. The Morgan fingerprint density at radius 1 is 1.07 bits per heavy atom. The molecule has 0 unspecified atom stereocenters. The van der Waals surface area contributed by atoms with E-state index in [9.17, 15) is 13.2 Å². The minimum absolute atomic E-state index is 0.0477. The van der Waals surface area contributed by atoms with E-state index >= 15 is 0 Å². The lowest BCUT2D eigenvalue weighted by molar-refractivity contribution is -0.137. The Morgan fingerprint density at radius 2 is 1.69 bits per heavy atom. The summed E-state index contributed by atoms with van der Waals surface area (Å²) in [6, 6.07) is 15.1. The Bertz CT molecular complexity index is 915. The van der Waals surface area contributed by atoms with E-state index in [1.807, 2.05) is 67.6 Å². The highest BCUT2D eigenvalue weighted by atomic mass is 32.2. The fraction of sp³-hybridized carbons (Fsp3) is 0.318. The molecule has 0 amide bonds. The molecule has 0 spiro atoms. The standard InChI is InChI=1S/C22H26O6S/c1-3-4-20(15-22(23)24)19-9-11-21(12-10-19)27-16-18-7-5-17(6-8-18)13-14-28-29(2,25)26/h3-12,20H,13-16H2,1-2H3,(H,23,24)/t20-/m1/s1. The zero-order chi connectivity index (χ0) is 21.3. The van der Waals surface area contributed by atoms with Gasteiger partial charge in [-0.1, -0.05) is 48.6 Å². The van der Waals surface area contributed by atoms with Crippen LogP contribution in [0.3, 0.4) is 0 Å². The lowest BCUT2D eigenvalue weighted by Gasteiger charge is -2.12. The number of hydrogen-bond acceptors (Lipinski definition) is 5. The summed E-state index contributed by atoms with van der Waals surface area (Å²) >= 11 is 0. The molecule has 0 aliphatic rings. The Labute approximate surface area is 171 Å². The van der Waals surface area contributed by atoms with Crippen LogP contribution in [0.2, 0.25) is 0 Å². The average Bonchev–Trinajstić information content (AvgIpc) is 2.66. The van der Waals surface area contributed by atoms with Gasteiger partial charge in [0.2, 0.25) is 0 Å². The highest BCUT2D eigenvalue weighted by Gasteiger charge is 2.12. The molecule has 0 fully saturated rings. The number of benzene rings is 2. The second kappa shape index (κ2) is 10.8. The number of ether oxygens (including phenoxy) is 1. The van der Waals surface area contributed by atoms with Crippen molar-refractivity contribution < 1.29 is 27.2 Å². The molecule has 0 heterocycles. The molecule has 6 nitrogen and oxygen atoms in total. The zero-order valence-corrected chi connectivity index (χ0v) is 17.4. The van der Waals surface area contributed by atoms with Crippen LogP contribution in [0, 0.1) is 0 Å². The summed E-state index contributed by atoms with van der Waals surface area (Å²) in [6.07, 6.45) is 5.33. The topological polar surface area (TPSA) is 89.9 Å². The van der Waals surface area contributed by atoms with Crippen LogP contribution in [0.15, 0.2) is 60.7 Å². The van der Waals surface area contributed by atoms with E-state index in [0.717, 1.165) is 22.9 Å². The third-order valence-corrected chi connectivity index (χ3v) is 4.84. The second-order valence-corrected chi connectivity index (χ2v) is 8.32. The molecule has 0 aliphatic carbocycles. The largest absolute Gasteiger partial charge is 0.489 e. The first-order chi connectivity index (χ1) is 13.8. The van der Waals surface area contributed by atoms with Gasteiger partial charge in [-0.25, -0.2) is 0 Å². The van der Waals surface area contributed by atoms with Crippen LogP contribution >= 0.6 is 0 Å². The fourth-order valence-electron chi connectivity index (χ4n) is 2.81. The molecule has 0 saturated carbocycles. The number of carboxylic acids is 1. The van der Waals surface area contributed by atoms with Crippen molar-refractivity contribution in [3.05, 3.63) is 77.4 Å². The van der Waals surface area contributed by atoms with Crippen LogP contribution in [0.4, 0.5) is 0 Å². The third kappa shape index (κ3) is 8.50. The van der Waals surface area contributed by atoms with Crippen LogP contribution in [-0.2, 0) is 32.1 Å². The smallest absolute Gasteiger partial charge is 0.304 e. The molecule has 2 rings (SSSR count). The molecule has 7 heteroatoms. The van der Waals surface area contributed by atoms with Gasteiger partial charge in [-0.05, 0) is 42.2 Å². The minimum atomic E-state index is -3.41. The molecule has 0 aromatic heterocycles. The Balaban J connectivity index is 1.88. The van der Waals surface area contributed by atoms with Gasteiger partial charge in [0.15, 0.2) is 0 Å². The maximum atomic E-state index is 11.0. The molecule has 2 aromatic carbocycles. The molecular weight excluding hydrogens is 392 g/mol. The van der Waals surface area contributed by atoms with E-state index in [4.69, 9.17) is 14.0 Å². The summed E-state index contributed by atoms with van der Waals surface area (Å²) in [5.41, 5.74) is 2.90. The normalized spacial score (nSPS) is 12.8. The molecule has 0 saturated heterocycles. The Hall–Kier alpha value is -2.64. The van der Waals surface area contributed by atoms with Crippen molar-refractivity contribution in [3.63, 3.8) is 0 Å². The fourth-order valence-corrected chi connectivity index (χ4v) is 3.19. The van der Waals surface area contributed by atoms with Crippen LogP contribution in [-0.4, -0.2) is 32.4 Å². The van der Waals surface area contributed by atoms with E-state index in [1.165, 1.54) is 0 Å². The maximum absolute atomic E-state index is 11.0. The lowest BCUT2D eigenvalue weighted by Crippen LogP contribution is -2.06. The number of rotatable bonds is 11. The molecule has 0 aliphatic heterocycles. The molecule has 1 N–H and O–H groups in total. The van der Waals surface area contributed by atoms with Crippen LogP contribution < -0.4 is 4.74 Å². The molecule has 156 valence electrons. The van der Waals surface area contributed by atoms with E-state index in [-0.39, 0.29) is 18.9 Å². The number of hydrogen-bond donors (Lipinski definition) is 1. The van der Waals surface area contributed by atoms with Crippen LogP contribution in [0.5, 0.6) is 5.75 Å². The van der Waals surface area contributed by atoms with Crippen molar-refractivity contribution in [3.8, 4) is 5.75 Å². The third-order valence-electron chi connectivity index (χ3n) is 4.24. The highest BCUT2D eigenvalue weighted by molar-refractivity contribution is 7.85. The average molecular weight is 419 g/mol. The van der Waals surface area contributed by atoms with Gasteiger partial charge in [0.05, 0.1) is 19.3 Å². The van der Waals surface area contributed by atoms with Gasteiger partial charge in [-0.2, -0.15) is 8.42 Å². The minimum Gasteiger partial charge on any atom is -0.489 e. The monoisotopic (exact) mass is 418 g/mol. The van der Waals surface area contributed by atoms with Crippen molar-refractivity contribution in [1.82, 2.24) is 0 Å². The predicted octanol–water partition coefficient (Wildman–Crippen LogP) is 3.92. The molecule has 2 aromatic rings. The van der Waals surface area contributed by atoms with Gasteiger partial charge < -0.3 is 9.84 Å². The van der Waals surface area contributed by atoms with Gasteiger partial charge in [0.25, 0.3) is 10.1 Å². The molecular formula is C22H26O6S. The molecule has 1 atom stereocenters. The zero-order valence-electron chi connectivity index (χ0n) is 16.6. The van der Waals surface area contributed by atoms with E-state index in [2.05, 4.69) is 0 Å². The first-order valence-corrected chi connectivity index (χ1v) is 11.1. The predicted molar refractivity (Wildman–Crippen MR) is 112 cm³/mol. The summed E-state index contributed by atoms with van der Waals surface area (Å²) in [5.74, 6) is -0.292. The lowest BCUT2D eigenvalue weighted by atomic mass is 9.95. The summed E-state index contributed by atoms with van der Waals surface area (Å²) in [5, 5.41) is 9.05. The second-order valence-electron chi connectivity index (χ2n) is 6.68. The van der Waals surface area contributed by atoms with Gasteiger partial charge in [-0.15, -0.1) is 0 Å². The van der Waals surface area contributed by atoms with Gasteiger partial charge >= 0.3 is 5.97 Å². The quantitative estimate of drug-likeness (QED) is 0.439. The number of carbonyl (C=O) groups is 1. The van der Waals surface area contributed by atoms with Gasteiger partial charge in [-0.3, -0.25) is 8.98 Å². The van der Waals surface area contributed by atoms with E-state index < -0.39 is 16.1 Å². The number of allylic oxidation sites excluding steroid dienone is 2. The van der Waals surface area contributed by atoms with Gasteiger partial charge in [0, 0.05) is 5.92 Å². The first kappa shape index (κ1) is 22.6. The van der Waals surface area contributed by atoms with Crippen molar-refractivity contribution in [2.45, 2.75) is 32.3 Å². The summed E-state index contributed by atoms with van der Waals surface area (Å²) in [7, 11) is -3.41. The SMILES string of the molecule is CC=C[C@H](CC(=O)O)c1ccc(OCc2ccc(CCOS(C)(=O)=O)cc2)cc1.